The van der Waals surface area contributed by atoms with Crippen LogP contribution in [0.1, 0.15) is 23.1 Å². The third-order valence-corrected chi connectivity index (χ3v) is 6.19. The van der Waals surface area contributed by atoms with Crippen LogP contribution < -0.4 is 10.1 Å². The lowest BCUT2D eigenvalue weighted by atomic mass is 9.86. The first-order chi connectivity index (χ1) is 14.5. The van der Waals surface area contributed by atoms with Crippen LogP contribution in [0.2, 0.25) is 0 Å². The molecule has 0 aliphatic carbocycles. The second kappa shape index (κ2) is 8.76. The van der Waals surface area contributed by atoms with Gasteiger partial charge in [-0.15, -0.1) is 0 Å². The average Bonchev–Trinajstić information content (AvgIpc) is 3.31. The molecule has 2 aromatic rings. The van der Waals surface area contributed by atoms with Crippen molar-refractivity contribution < 1.29 is 14.3 Å². The van der Waals surface area contributed by atoms with E-state index in [1.165, 1.54) is 16.7 Å². The zero-order valence-electron chi connectivity index (χ0n) is 18.1. The highest BCUT2D eigenvalue weighted by atomic mass is 16.5. The quantitative estimate of drug-likeness (QED) is 0.761. The summed E-state index contributed by atoms with van der Waals surface area (Å²) in [7, 11) is 5.69. The Morgan fingerprint density at radius 2 is 2.10 bits per heavy atom. The number of carbonyl (C=O) groups excluding carboxylic acids is 1. The number of nitrogens with one attached hydrogen (secondary N) is 1. The van der Waals surface area contributed by atoms with Crippen LogP contribution >= 0.6 is 0 Å². The summed E-state index contributed by atoms with van der Waals surface area (Å²) in [5, 5.41) is 3.03. The van der Waals surface area contributed by atoms with Crippen LogP contribution in [0.15, 0.2) is 48.5 Å². The molecule has 0 aromatic heterocycles. The Kier molecular flexibility index (Phi) is 6.09. The summed E-state index contributed by atoms with van der Waals surface area (Å²) in [6.45, 7) is 3.60. The van der Waals surface area contributed by atoms with Crippen LogP contribution in [-0.2, 0) is 28.2 Å². The normalized spacial score (nSPS) is 23.1. The molecule has 2 atom stereocenters. The first kappa shape index (κ1) is 20.8. The average molecular weight is 410 g/mol. The smallest absolute Gasteiger partial charge is 0.249 e. The summed E-state index contributed by atoms with van der Waals surface area (Å²) in [6.07, 6.45) is 0.244. The van der Waals surface area contributed by atoms with Crippen molar-refractivity contribution in [2.75, 3.05) is 40.9 Å². The van der Waals surface area contributed by atoms with E-state index in [1.54, 1.807) is 7.11 Å². The summed E-state index contributed by atoms with van der Waals surface area (Å²) >= 11 is 0. The van der Waals surface area contributed by atoms with E-state index in [2.05, 4.69) is 51.5 Å². The van der Waals surface area contributed by atoms with E-state index >= 15 is 0 Å². The minimum absolute atomic E-state index is 0.0144. The first-order valence-corrected chi connectivity index (χ1v) is 10.5. The highest BCUT2D eigenvalue weighted by Gasteiger charge is 2.52. The Morgan fingerprint density at radius 1 is 1.27 bits per heavy atom. The molecule has 1 fully saturated rings. The number of amides is 1. The van der Waals surface area contributed by atoms with Gasteiger partial charge in [-0.1, -0.05) is 36.4 Å². The predicted molar refractivity (Wildman–Crippen MR) is 116 cm³/mol. The third-order valence-electron chi connectivity index (χ3n) is 6.19. The summed E-state index contributed by atoms with van der Waals surface area (Å²) in [5.41, 5.74) is 3.53. The van der Waals surface area contributed by atoms with Gasteiger partial charge in [-0.3, -0.25) is 9.69 Å². The zero-order chi connectivity index (χ0) is 21.1. The monoisotopic (exact) mass is 409 g/mol. The maximum atomic E-state index is 12.7. The Labute approximate surface area is 178 Å². The van der Waals surface area contributed by atoms with Gasteiger partial charge in [0.25, 0.3) is 0 Å². The molecule has 1 amide bonds. The van der Waals surface area contributed by atoms with Crippen molar-refractivity contribution in [3.8, 4) is 5.75 Å². The lowest BCUT2D eigenvalue weighted by Gasteiger charge is -2.35. The predicted octanol–water partition coefficient (Wildman–Crippen LogP) is 2.37. The number of fused-ring (bicyclic) bond motifs is 2. The number of carbonyl (C=O) groups is 1. The number of benzene rings is 2. The number of methoxy groups -OCH3 is 1. The summed E-state index contributed by atoms with van der Waals surface area (Å²) in [5.74, 6) is 0.846. The van der Waals surface area contributed by atoms with E-state index in [-0.39, 0.29) is 11.4 Å². The van der Waals surface area contributed by atoms with E-state index in [1.807, 2.05) is 26.2 Å². The lowest BCUT2D eigenvalue weighted by Crippen LogP contribution is -2.43. The minimum atomic E-state index is -0.425. The molecule has 0 saturated carbocycles. The topological polar surface area (TPSA) is 54.0 Å². The molecule has 0 radical (unpaired) electrons. The second-order valence-electron chi connectivity index (χ2n) is 8.49. The van der Waals surface area contributed by atoms with Gasteiger partial charge in [-0.05, 0) is 42.9 Å². The Morgan fingerprint density at radius 3 is 2.90 bits per heavy atom. The largest absolute Gasteiger partial charge is 0.497 e. The molecular formula is C24H31N3O3. The molecule has 1 spiro atoms. The van der Waals surface area contributed by atoms with Crippen molar-refractivity contribution in [2.45, 2.75) is 31.2 Å². The van der Waals surface area contributed by atoms with Crippen LogP contribution in [-0.4, -0.2) is 62.7 Å². The molecular weight excluding hydrogens is 378 g/mol. The second-order valence-corrected chi connectivity index (χ2v) is 8.49. The van der Waals surface area contributed by atoms with E-state index in [4.69, 9.17) is 9.47 Å². The van der Waals surface area contributed by atoms with Gasteiger partial charge in [0.1, 0.15) is 11.9 Å². The molecule has 160 valence electrons. The fourth-order valence-corrected chi connectivity index (χ4v) is 4.59. The molecule has 2 aliphatic heterocycles. The molecule has 0 bridgehead atoms. The van der Waals surface area contributed by atoms with Crippen molar-refractivity contribution >= 4 is 5.91 Å². The van der Waals surface area contributed by atoms with E-state index in [0.717, 1.165) is 25.4 Å². The maximum Gasteiger partial charge on any atom is 0.249 e. The number of likely N-dealkylation sites (N-methyl/N-ethyl adjacent to an activating group) is 1. The number of rotatable bonds is 7. The van der Waals surface area contributed by atoms with Crippen molar-refractivity contribution in [1.29, 1.82) is 0 Å². The third kappa shape index (κ3) is 4.08. The summed E-state index contributed by atoms with van der Waals surface area (Å²) < 4.78 is 11.5. The molecule has 2 heterocycles. The number of hydrogen-bond donors (Lipinski definition) is 1. The van der Waals surface area contributed by atoms with Crippen molar-refractivity contribution in [1.82, 2.24) is 15.1 Å². The van der Waals surface area contributed by atoms with Gasteiger partial charge in [0.15, 0.2) is 0 Å². The van der Waals surface area contributed by atoms with E-state index < -0.39 is 6.10 Å². The summed E-state index contributed by atoms with van der Waals surface area (Å²) in [6, 6.07) is 16.7. The SMILES string of the molecule is COc1cccc(CN2Cc3ccccc3[C@@]23CO[C@@H](C(=O)NCCN(C)C)C3)c1. The van der Waals surface area contributed by atoms with Crippen molar-refractivity contribution in [3.63, 3.8) is 0 Å². The number of ether oxygens (including phenoxy) is 2. The molecule has 6 heteroatoms. The van der Waals surface area contributed by atoms with Crippen molar-refractivity contribution in [2.24, 2.45) is 0 Å². The van der Waals surface area contributed by atoms with Crippen LogP contribution in [0.25, 0.3) is 0 Å². The van der Waals surface area contributed by atoms with Gasteiger partial charge in [0.05, 0.1) is 19.3 Å². The van der Waals surface area contributed by atoms with Gasteiger partial charge < -0.3 is 19.7 Å². The van der Waals surface area contributed by atoms with Gasteiger partial charge in [0, 0.05) is 32.6 Å². The van der Waals surface area contributed by atoms with Crippen LogP contribution in [0.4, 0.5) is 0 Å². The van der Waals surface area contributed by atoms with Crippen LogP contribution in [0, 0.1) is 0 Å². The minimum Gasteiger partial charge on any atom is -0.497 e. The highest BCUT2D eigenvalue weighted by molar-refractivity contribution is 5.81. The molecule has 6 nitrogen and oxygen atoms in total. The fourth-order valence-electron chi connectivity index (χ4n) is 4.59. The maximum absolute atomic E-state index is 12.7. The number of nitrogens with zero attached hydrogens (tertiary/aromatic N) is 2. The van der Waals surface area contributed by atoms with Crippen LogP contribution in [0.3, 0.4) is 0 Å². The lowest BCUT2D eigenvalue weighted by molar-refractivity contribution is -0.130. The molecule has 30 heavy (non-hydrogen) atoms. The Bertz CT molecular complexity index is 901. The molecule has 2 aliphatic rings. The first-order valence-electron chi connectivity index (χ1n) is 10.5. The molecule has 1 N–H and O–H groups in total. The van der Waals surface area contributed by atoms with Gasteiger partial charge in [0.2, 0.25) is 5.91 Å². The van der Waals surface area contributed by atoms with E-state index in [0.29, 0.717) is 19.6 Å². The fraction of sp³-hybridized carbons (Fsp3) is 0.458. The Hall–Kier alpha value is -2.41. The highest BCUT2D eigenvalue weighted by Crippen LogP contribution is 2.47. The van der Waals surface area contributed by atoms with Crippen molar-refractivity contribution in [3.05, 3.63) is 65.2 Å². The van der Waals surface area contributed by atoms with Gasteiger partial charge >= 0.3 is 0 Å². The van der Waals surface area contributed by atoms with Crippen LogP contribution in [0.5, 0.6) is 5.75 Å². The summed E-state index contributed by atoms with van der Waals surface area (Å²) in [4.78, 5) is 17.3. The molecule has 1 saturated heterocycles. The van der Waals surface area contributed by atoms with Gasteiger partial charge in [-0.2, -0.15) is 0 Å². The number of hydrogen-bond acceptors (Lipinski definition) is 5. The van der Waals surface area contributed by atoms with Gasteiger partial charge in [-0.25, -0.2) is 0 Å². The standard InChI is InChI=1S/C24H31N3O3/c1-26(2)12-11-25-23(28)22-14-24(17-30-22)21-10-5-4-8-19(21)16-27(24)15-18-7-6-9-20(13-18)29-3/h4-10,13,22H,11-12,14-17H2,1-3H3,(H,25,28)/t22-,24-/m1/s1. The molecule has 4 rings (SSSR count). The molecule has 2 aromatic carbocycles. The molecule has 0 unspecified atom stereocenters. The Balaban J connectivity index is 1.54. The zero-order valence-corrected chi connectivity index (χ0v) is 18.1. The van der Waals surface area contributed by atoms with E-state index in [9.17, 15) is 4.79 Å².